The normalized spacial score (nSPS) is 10.2. The summed E-state index contributed by atoms with van der Waals surface area (Å²) >= 11 is 5.77. The summed E-state index contributed by atoms with van der Waals surface area (Å²) in [6.45, 7) is 0.248. The SMILES string of the molecule is O=C(CNc1ccc(F)c([N+](=O)[O-])c1)NCc1ccc(Cl)cc1. The van der Waals surface area contributed by atoms with Crippen LogP contribution in [0.5, 0.6) is 0 Å². The Kier molecular flexibility index (Phi) is 5.48. The smallest absolute Gasteiger partial charge is 0.306 e. The third-order valence-electron chi connectivity index (χ3n) is 3.00. The van der Waals surface area contributed by atoms with Gasteiger partial charge in [-0.2, -0.15) is 4.39 Å². The highest BCUT2D eigenvalue weighted by atomic mass is 35.5. The van der Waals surface area contributed by atoms with Gasteiger partial charge in [-0.25, -0.2) is 0 Å². The van der Waals surface area contributed by atoms with Crippen molar-refractivity contribution in [2.45, 2.75) is 6.54 Å². The van der Waals surface area contributed by atoms with Gasteiger partial charge in [-0.15, -0.1) is 0 Å². The van der Waals surface area contributed by atoms with E-state index in [1.54, 1.807) is 24.3 Å². The number of nitro benzene ring substituents is 1. The summed E-state index contributed by atoms with van der Waals surface area (Å²) in [6.07, 6.45) is 0. The summed E-state index contributed by atoms with van der Waals surface area (Å²) in [5, 5.41) is 16.6. The number of anilines is 1. The minimum atomic E-state index is -0.923. The Balaban J connectivity index is 1.85. The van der Waals surface area contributed by atoms with E-state index in [0.717, 1.165) is 17.7 Å². The van der Waals surface area contributed by atoms with Gasteiger partial charge in [-0.05, 0) is 29.8 Å². The van der Waals surface area contributed by atoms with Crippen LogP contribution in [0.25, 0.3) is 0 Å². The second-order valence-corrected chi connectivity index (χ2v) is 5.12. The van der Waals surface area contributed by atoms with Gasteiger partial charge in [-0.1, -0.05) is 23.7 Å². The van der Waals surface area contributed by atoms with Crippen molar-refractivity contribution in [1.82, 2.24) is 5.32 Å². The Bertz CT molecular complexity index is 722. The van der Waals surface area contributed by atoms with E-state index in [2.05, 4.69) is 10.6 Å². The van der Waals surface area contributed by atoms with Gasteiger partial charge >= 0.3 is 5.69 Å². The lowest BCUT2D eigenvalue weighted by atomic mass is 10.2. The van der Waals surface area contributed by atoms with Crippen molar-refractivity contribution in [1.29, 1.82) is 0 Å². The van der Waals surface area contributed by atoms with Crippen LogP contribution in [0.1, 0.15) is 5.56 Å². The number of rotatable bonds is 6. The van der Waals surface area contributed by atoms with Crippen LogP contribution in [-0.2, 0) is 11.3 Å². The Hall–Kier alpha value is -2.67. The van der Waals surface area contributed by atoms with E-state index in [0.29, 0.717) is 17.3 Å². The molecule has 0 aliphatic carbocycles. The molecular formula is C15H13ClFN3O3. The lowest BCUT2D eigenvalue weighted by Crippen LogP contribution is -2.29. The van der Waals surface area contributed by atoms with E-state index in [-0.39, 0.29) is 12.5 Å². The highest BCUT2D eigenvalue weighted by Crippen LogP contribution is 2.21. The van der Waals surface area contributed by atoms with Gasteiger partial charge in [-0.3, -0.25) is 14.9 Å². The first-order chi connectivity index (χ1) is 11.0. The fraction of sp³-hybridized carbons (Fsp3) is 0.133. The number of hydrogen-bond donors (Lipinski definition) is 2. The lowest BCUT2D eigenvalue weighted by molar-refractivity contribution is -0.387. The topological polar surface area (TPSA) is 84.3 Å². The third-order valence-corrected chi connectivity index (χ3v) is 3.25. The summed E-state index contributed by atoms with van der Waals surface area (Å²) < 4.78 is 13.2. The summed E-state index contributed by atoms with van der Waals surface area (Å²) in [6, 6.07) is 10.4. The molecule has 0 unspecified atom stereocenters. The molecule has 0 spiro atoms. The van der Waals surface area contributed by atoms with Crippen LogP contribution in [0.3, 0.4) is 0 Å². The summed E-state index contributed by atoms with van der Waals surface area (Å²) in [5.74, 6) is -1.22. The number of nitro groups is 1. The first-order valence-electron chi connectivity index (χ1n) is 6.64. The van der Waals surface area contributed by atoms with Crippen LogP contribution in [0, 0.1) is 15.9 Å². The van der Waals surface area contributed by atoms with Crippen LogP contribution in [0.2, 0.25) is 5.02 Å². The number of halogens is 2. The number of carbonyl (C=O) groups excluding carboxylic acids is 1. The Labute approximate surface area is 136 Å². The number of nitrogens with zero attached hydrogens (tertiary/aromatic N) is 1. The predicted octanol–water partition coefficient (Wildman–Crippen LogP) is 3.12. The summed E-state index contributed by atoms with van der Waals surface area (Å²) in [4.78, 5) is 21.6. The maximum atomic E-state index is 13.2. The fourth-order valence-electron chi connectivity index (χ4n) is 1.81. The summed E-state index contributed by atoms with van der Waals surface area (Å²) in [7, 11) is 0. The average molecular weight is 338 g/mol. The fourth-order valence-corrected chi connectivity index (χ4v) is 1.94. The standard InChI is InChI=1S/C15H13ClFN3O3/c16-11-3-1-10(2-4-11)8-19-15(21)9-18-12-5-6-13(17)14(7-12)20(22)23/h1-7,18H,8-9H2,(H,19,21). The zero-order chi connectivity index (χ0) is 16.8. The van der Waals surface area contributed by atoms with Crippen molar-refractivity contribution >= 4 is 28.9 Å². The monoisotopic (exact) mass is 337 g/mol. The van der Waals surface area contributed by atoms with Gasteiger partial charge in [0.05, 0.1) is 11.5 Å². The molecule has 2 aromatic carbocycles. The molecule has 0 aliphatic heterocycles. The third kappa shape index (κ3) is 4.93. The highest BCUT2D eigenvalue weighted by Gasteiger charge is 2.14. The van der Waals surface area contributed by atoms with Crippen molar-refractivity contribution in [3.8, 4) is 0 Å². The summed E-state index contributed by atoms with van der Waals surface area (Å²) in [5.41, 5.74) is 0.538. The minimum absolute atomic E-state index is 0.0869. The van der Waals surface area contributed by atoms with Gasteiger partial charge in [0.2, 0.25) is 11.7 Å². The zero-order valence-corrected chi connectivity index (χ0v) is 12.6. The highest BCUT2D eigenvalue weighted by molar-refractivity contribution is 6.30. The number of amides is 1. The second-order valence-electron chi connectivity index (χ2n) is 4.68. The number of carbonyl (C=O) groups is 1. The van der Waals surface area contributed by atoms with Gasteiger partial charge in [0, 0.05) is 23.3 Å². The number of benzene rings is 2. The van der Waals surface area contributed by atoms with Crippen molar-refractivity contribution in [2.75, 3.05) is 11.9 Å². The first-order valence-corrected chi connectivity index (χ1v) is 7.02. The molecule has 23 heavy (non-hydrogen) atoms. The maximum absolute atomic E-state index is 13.2. The Morgan fingerprint density at radius 2 is 1.91 bits per heavy atom. The van der Waals surface area contributed by atoms with Crippen molar-refractivity contribution < 1.29 is 14.1 Å². The van der Waals surface area contributed by atoms with Gasteiger partial charge in [0.25, 0.3) is 0 Å². The van der Waals surface area contributed by atoms with E-state index >= 15 is 0 Å². The maximum Gasteiger partial charge on any atom is 0.306 e. The Morgan fingerprint density at radius 3 is 2.57 bits per heavy atom. The van der Waals surface area contributed by atoms with Gasteiger partial charge < -0.3 is 10.6 Å². The van der Waals surface area contributed by atoms with Crippen LogP contribution in [0.4, 0.5) is 15.8 Å². The molecule has 8 heteroatoms. The van der Waals surface area contributed by atoms with Crippen molar-refractivity contribution in [3.63, 3.8) is 0 Å². The van der Waals surface area contributed by atoms with Crippen LogP contribution in [0.15, 0.2) is 42.5 Å². The molecule has 0 radical (unpaired) electrons. The predicted molar refractivity (Wildman–Crippen MR) is 84.8 cm³/mol. The Morgan fingerprint density at radius 1 is 1.22 bits per heavy atom. The van der Waals surface area contributed by atoms with Crippen LogP contribution >= 0.6 is 11.6 Å². The van der Waals surface area contributed by atoms with Gasteiger partial charge in [0.1, 0.15) is 0 Å². The largest absolute Gasteiger partial charge is 0.376 e. The number of nitrogens with one attached hydrogen (secondary N) is 2. The molecule has 0 fully saturated rings. The average Bonchev–Trinajstić information content (AvgIpc) is 2.53. The molecule has 2 rings (SSSR count). The van der Waals surface area contributed by atoms with E-state index in [9.17, 15) is 19.3 Å². The lowest BCUT2D eigenvalue weighted by Gasteiger charge is -2.08. The van der Waals surface area contributed by atoms with E-state index in [1.807, 2.05) is 0 Å². The molecule has 0 heterocycles. The molecule has 120 valence electrons. The minimum Gasteiger partial charge on any atom is -0.376 e. The van der Waals surface area contributed by atoms with Gasteiger partial charge in [0.15, 0.2) is 0 Å². The molecule has 6 nitrogen and oxygen atoms in total. The molecule has 0 aliphatic rings. The van der Waals surface area contributed by atoms with Crippen molar-refractivity contribution in [3.05, 3.63) is 69.0 Å². The van der Waals surface area contributed by atoms with E-state index in [1.165, 1.54) is 6.07 Å². The molecule has 0 saturated heterocycles. The van der Waals surface area contributed by atoms with Crippen LogP contribution in [-0.4, -0.2) is 17.4 Å². The van der Waals surface area contributed by atoms with E-state index < -0.39 is 16.4 Å². The molecule has 0 aromatic heterocycles. The quantitative estimate of drug-likeness (QED) is 0.626. The molecule has 0 bridgehead atoms. The molecule has 1 amide bonds. The number of hydrogen-bond acceptors (Lipinski definition) is 4. The molecular weight excluding hydrogens is 325 g/mol. The first kappa shape index (κ1) is 16.7. The van der Waals surface area contributed by atoms with Crippen molar-refractivity contribution in [2.24, 2.45) is 0 Å². The van der Waals surface area contributed by atoms with Crippen LogP contribution < -0.4 is 10.6 Å². The molecule has 0 atom stereocenters. The molecule has 0 saturated carbocycles. The zero-order valence-electron chi connectivity index (χ0n) is 11.9. The molecule has 2 N–H and O–H groups in total. The van der Waals surface area contributed by atoms with E-state index in [4.69, 9.17) is 11.6 Å². The second kappa shape index (κ2) is 7.55. The molecule has 2 aromatic rings.